The van der Waals surface area contributed by atoms with Crippen LogP contribution in [0, 0.1) is 11.3 Å². The molecule has 2 aliphatic rings. The molecule has 0 aliphatic carbocycles. The van der Waals surface area contributed by atoms with Crippen molar-refractivity contribution in [1.82, 2.24) is 5.32 Å². The fraction of sp³-hybridized carbons (Fsp3) is 0.885. The average Bonchev–Trinajstić information content (AvgIpc) is 2.81. The summed E-state index contributed by atoms with van der Waals surface area (Å²) in [4.78, 5) is 13.1. The van der Waals surface area contributed by atoms with Gasteiger partial charge >= 0.3 is 0 Å². The Labute approximate surface area is 215 Å². The van der Waals surface area contributed by atoms with Gasteiger partial charge in [0.15, 0.2) is 12.3 Å². The fourth-order valence-electron chi connectivity index (χ4n) is 4.74. The number of hydrogen-bond donors (Lipinski definition) is 4. The number of aliphatic hydroxyl groups is 3. The van der Waals surface area contributed by atoms with Gasteiger partial charge in [-0.25, -0.2) is 0 Å². The van der Waals surface area contributed by atoms with Crippen LogP contribution in [-0.4, -0.2) is 96.8 Å². The zero-order valence-corrected chi connectivity index (χ0v) is 23.0. The topological polar surface area (TPSA) is 136 Å². The van der Waals surface area contributed by atoms with Crippen LogP contribution in [0.25, 0.3) is 0 Å². The van der Waals surface area contributed by atoms with E-state index in [-0.39, 0.29) is 44.0 Å². The van der Waals surface area contributed by atoms with Gasteiger partial charge in [0.25, 0.3) is 5.91 Å². The molecule has 2 aliphatic heterocycles. The summed E-state index contributed by atoms with van der Waals surface area (Å²) in [6.07, 6.45) is -5.21. The molecule has 0 aromatic rings. The first-order chi connectivity index (χ1) is 16.7. The first-order valence-corrected chi connectivity index (χ1v) is 12.7. The van der Waals surface area contributed by atoms with Crippen LogP contribution in [0.15, 0.2) is 12.2 Å². The minimum absolute atomic E-state index is 0.0234. The van der Waals surface area contributed by atoms with Gasteiger partial charge in [0.1, 0.15) is 6.10 Å². The average molecular weight is 518 g/mol. The first-order valence-electron chi connectivity index (χ1n) is 12.7. The summed E-state index contributed by atoms with van der Waals surface area (Å²) in [5.74, 6) is -2.29. The second-order valence-electron chi connectivity index (χ2n) is 11.0. The molecule has 0 radical (unpaired) electrons. The summed E-state index contributed by atoms with van der Waals surface area (Å²) in [5, 5.41) is 35.0. The summed E-state index contributed by atoms with van der Waals surface area (Å²) in [7, 11) is 2.78. The molecule has 9 atom stereocenters. The molecule has 0 saturated carbocycles. The van der Waals surface area contributed by atoms with Gasteiger partial charge in [-0.15, -0.1) is 0 Å². The number of amides is 1. The van der Waals surface area contributed by atoms with Crippen molar-refractivity contribution in [3.63, 3.8) is 0 Å². The van der Waals surface area contributed by atoms with Gasteiger partial charge in [0, 0.05) is 44.8 Å². The largest absolute Gasteiger partial charge is 0.392 e. The molecule has 2 fully saturated rings. The molecule has 0 spiro atoms. The Morgan fingerprint density at radius 2 is 1.89 bits per heavy atom. The SMILES string of the molecule is C=C1CC(OC)(C(O)C(=O)NC(OC)C2CC(O)C(C)(C)C(CC(O)COC(C)C)O2)OC(C)C1C. The number of carbonyl (C=O) groups is 1. The fourth-order valence-corrected chi connectivity index (χ4v) is 4.74. The third-order valence-electron chi connectivity index (χ3n) is 7.68. The molecule has 2 heterocycles. The molecule has 10 nitrogen and oxygen atoms in total. The Hall–Kier alpha value is -1.11. The highest BCUT2D eigenvalue weighted by molar-refractivity contribution is 5.82. The van der Waals surface area contributed by atoms with Crippen LogP contribution in [0.4, 0.5) is 0 Å². The molecule has 1 amide bonds. The monoisotopic (exact) mass is 517 g/mol. The summed E-state index contributed by atoms with van der Waals surface area (Å²) in [6, 6.07) is 0. The summed E-state index contributed by atoms with van der Waals surface area (Å²) < 4.78 is 28.7. The molecular formula is C26H47NO9. The van der Waals surface area contributed by atoms with Crippen molar-refractivity contribution in [2.75, 3.05) is 20.8 Å². The lowest BCUT2D eigenvalue weighted by Gasteiger charge is -2.48. The van der Waals surface area contributed by atoms with E-state index in [4.69, 9.17) is 23.7 Å². The quantitative estimate of drug-likeness (QED) is 0.237. The van der Waals surface area contributed by atoms with E-state index < -0.39 is 53.9 Å². The highest BCUT2D eigenvalue weighted by atomic mass is 16.7. The van der Waals surface area contributed by atoms with Gasteiger partial charge in [-0.2, -0.15) is 0 Å². The Bertz CT molecular complexity index is 745. The molecule has 0 bridgehead atoms. The Morgan fingerprint density at radius 1 is 1.25 bits per heavy atom. The van der Waals surface area contributed by atoms with E-state index in [2.05, 4.69) is 11.9 Å². The molecule has 9 unspecified atom stereocenters. The summed E-state index contributed by atoms with van der Waals surface area (Å²) in [5.41, 5.74) is 0.162. The van der Waals surface area contributed by atoms with E-state index in [1.165, 1.54) is 14.2 Å². The molecule has 2 saturated heterocycles. The number of hydrogen-bond acceptors (Lipinski definition) is 9. The normalized spacial score (nSPS) is 35.3. The van der Waals surface area contributed by atoms with Crippen molar-refractivity contribution in [2.45, 2.75) is 116 Å². The van der Waals surface area contributed by atoms with Crippen LogP contribution in [0.5, 0.6) is 0 Å². The van der Waals surface area contributed by atoms with E-state index in [9.17, 15) is 20.1 Å². The Kier molecular flexibility index (Phi) is 10.9. The standard InChI is InChI=1S/C26H47NO9/c1-14(2)34-13-18(28)10-21-25(6,7)20(29)11-19(35-21)24(32-8)27-23(31)22(30)26(33-9)12-15(3)16(4)17(5)36-26/h14,16-22,24,28-30H,3,10-13H2,1-2,4-9H3,(H,27,31). The van der Waals surface area contributed by atoms with Gasteiger partial charge in [0.2, 0.25) is 5.79 Å². The molecule has 2 rings (SSSR count). The first kappa shape index (κ1) is 31.1. The molecule has 36 heavy (non-hydrogen) atoms. The number of aliphatic hydroxyl groups excluding tert-OH is 3. The number of methoxy groups -OCH3 is 2. The minimum atomic E-state index is -1.66. The summed E-state index contributed by atoms with van der Waals surface area (Å²) >= 11 is 0. The van der Waals surface area contributed by atoms with Crippen LogP contribution in [0.2, 0.25) is 0 Å². The van der Waals surface area contributed by atoms with E-state index in [1.807, 2.05) is 41.5 Å². The second kappa shape index (κ2) is 12.6. The van der Waals surface area contributed by atoms with Gasteiger partial charge in [-0.05, 0) is 20.8 Å². The highest BCUT2D eigenvalue weighted by Crippen LogP contribution is 2.40. The van der Waals surface area contributed by atoms with E-state index in [0.717, 1.165) is 5.57 Å². The molecule has 0 aromatic heterocycles. The minimum Gasteiger partial charge on any atom is -0.392 e. The molecular weight excluding hydrogens is 470 g/mol. The van der Waals surface area contributed by atoms with Gasteiger partial charge < -0.3 is 44.3 Å². The van der Waals surface area contributed by atoms with Crippen LogP contribution < -0.4 is 5.32 Å². The van der Waals surface area contributed by atoms with E-state index >= 15 is 0 Å². The smallest absolute Gasteiger partial charge is 0.256 e. The van der Waals surface area contributed by atoms with E-state index in [1.54, 1.807) is 0 Å². The van der Waals surface area contributed by atoms with Crippen LogP contribution in [-0.2, 0) is 28.5 Å². The zero-order chi connectivity index (χ0) is 27.4. The van der Waals surface area contributed by atoms with Crippen LogP contribution in [0.3, 0.4) is 0 Å². The van der Waals surface area contributed by atoms with Gasteiger partial charge in [-0.1, -0.05) is 32.9 Å². The predicted molar refractivity (Wildman–Crippen MR) is 133 cm³/mol. The third kappa shape index (κ3) is 7.05. The molecule has 210 valence electrons. The molecule has 4 N–H and O–H groups in total. The zero-order valence-electron chi connectivity index (χ0n) is 23.0. The van der Waals surface area contributed by atoms with Gasteiger partial charge in [-0.3, -0.25) is 4.79 Å². The summed E-state index contributed by atoms with van der Waals surface area (Å²) in [6.45, 7) is 15.5. The van der Waals surface area contributed by atoms with Crippen molar-refractivity contribution in [3.05, 3.63) is 12.2 Å². The number of ether oxygens (including phenoxy) is 5. The molecule has 10 heteroatoms. The van der Waals surface area contributed by atoms with Crippen molar-refractivity contribution in [3.8, 4) is 0 Å². The Balaban J connectivity index is 2.12. The highest BCUT2D eigenvalue weighted by Gasteiger charge is 2.51. The number of rotatable bonds is 11. The van der Waals surface area contributed by atoms with Crippen molar-refractivity contribution in [1.29, 1.82) is 0 Å². The lowest BCUT2D eigenvalue weighted by molar-refractivity contribution is -0.298. The number of nitrogens with one attached hydrogen (secondary N) is 1. The lowest BCUT2D eigenvalue weighted by atomic mass is 9.74. The van der Waals surface area contributed by atoms with Crippen molar-refractivity contribution in [2.24, 2.45) is 11.3 Å². The van der Waals surface area contributed by atoms with Crippen molar-refractivity contribution < 1.29 is 43.8 Å². The lowest BCUT2D eigenvalue weighted by Crippen LogP contribution is -2.62. The van der Waals surface area contributed by atoms with Crippen LogP contribution >= 0.6 is 0 Å². The predicted octanol–water partition coefficient (Wildman–Crippen LogP) is 1.50. The van der Waals surface area contributed by atoms with Crippen LogP contribution in [0.1, 0.15) is 60.8 Å². The maximum atomic E-state index is 13.1. The maximum absolute atomic E-state index is 13.1. The second-order valence-corrected chi connectivity index (χ2v) is 11.0. The molecule has 0 aromatic carbocycles. The van der Waals surface area contributed by atoms with Crippen molar-refractivity contribution >= 4 is 5.91 Å². The van der Waals surface area contributed by atoms with Gasteiger partial charge in [0.05, 0.1) is 37.1 Å². The maximum Gasteiger partial charge on any atom is 0.256 e. The third-order valence-corrected chi connectivity index (χ3v) is 7.68. The Morgan fingerprint density at radius 3 is 2.42 bits per heavy atom. The van der Waals surface area contributed by atoms with E-state index in [0.29, 0.717) is 0 Å². The number of carbonyl (C=O) groups excluding carboxylic acids is 1.